The van der Waals surface area contributed by atoms with Crippen molar-refractivity contribution in [3.05, 3.63) is 132 Å². The van der Waals surface area contributed by atoms with Gasteiger partial charge in [0.25, 0.3) is 0 Å². The van der Waals surface area contributed by atoms with Crippen LogP contribution in [0.1, 0.15) is 16.7 Å². The first-order valence-electron chi connectivity index (χ1n) is 14.0. The van der Waals surface area contributed by atoms with Gasteiger partial charge in [-0.25, -0.2) is 0 Å². The van der Waals surface area contributed by atoms with E-state index in [1.165, 1.54) is 9.40 Å². The maximum atomic E-state index is 9.93. The van der Waals surface area contributed by atoms with Crippen LogP contribution in [0.3, 0.4) is 0 Å². The van der Waals surface area contributed by atoms with E-state index in [9.17, 15) is 15.8 Å². The molecule has 2 heterocycles. The molecule has 0 aliphatic heterocycles. The van der Waals surface area contributed by atoms with Crippen LogP contribution in [0.25, 0.3) is 73.7 Å². The summed E-state index contributed by atoms with van der Waals surface area (Å²) >= 11 is 3.46. The van der Waals surface area contributed by atoms with Crippen molar-refractivity contribution in [2.75, 3.05) is 0 Å². The van der Waals surface area contributed by atoms with Crippen LogP contribution in [-0.4, -0.2) is 0 Å². The Morgan fingerprint density at radius 1 is 0.386 bits per heavy atom. The summed E-state index contributed by atoms with van der Waals surface area (Å²) in [5.74, 6) is 0. The van der Waals surface area contributed by atoms with Crippen molar-refractivity contribution in [2.24, 2.45) is 0 Å². The SMILES string of the molecule is N#Cc1ccc2sc3ccc(-c4cc(-c5ccc6sc7ccc(C#N)cc7c6c5)cc(-c5ccccc5C#N)c4)cc3c2c1. The number of hydrogen-bond acceptors (Lipinski definition) is 5. The second-order valence-corrected chi connectivity index (χ2v) is 12.9. The molecule has 6 aromatic carbocycles. The molecule has 8 aromatic rings. The minimum atomic E-state index is 0.627. The molecule has 0 N–H and O–H groups in total. The van der Waals surface area contributed by atoms with Gasteiger partial charge in [0.15, 0.2) is 0 Å². The predicted molar refractivity (Wildman–Crippen MR) is 183 cm³/mol. The van der Waals surface area contributed by atoms with Crippen LogP contribution in [0.15, 0.2) is 115 Å². The molecule has 0 amide bonds. The van der Waals surface area contributed by atoms with Crippen LogP contribution in [-0.2, 0) is 0 Å². The minimum Gasteiger partial charge on any atom is -0.192 e. The summed E-state index contributed by atoms with van der Waals surface area (Å²) in [6.07, 6.45) is 0. The van der Waals surface area contributed by atoms with Crippen molar-refractivity contribution in [2.45, 2.75) is 0 Å². The van der Waals surface area contributed by atoms with Crippen LogP contribution in [0.5, 0.6) is 0 Å². The van der Waals surface area contributed by atoms with Gasteiger partial charge < -0.3 is 0 Å². The zero-order valence-corrected chi connectivity index (χ0v) is 24.8. The second-order valence-electron chi connectivity index (χ2n) is 10.7. The molecule has 44 heavy (non-hydrogen) atoms. The quantitative estimate of drug-likeness (QED) is 0.205. The molecule has 0 fully saturated rings. The number of nitrogens with zero attached hydrogens (tertiary/aromatic N) is 3. The second kappa shape index (κ2) is 10.2. The molecule has 0 saturated carbocycles. The van der Waals surface area contributed by atoms with E-state index >= 15 is 0 Å². The number of hydrogen-bond donors (Lipinski definition) is 0. The minimum absolute atomic E-state index is 0.627. The van der Waals surface area contributed by atoms with Crippen molar-refractivity contribution in [3.63, 3.8) is 0 Å². The highest BCUT2D eigenvalue weighted by Crippen LogP contribution is 2.41. The molecule has 0 radical (unpaired) electrons. The summed E-state index contributed by atoms with van der Waals surface area (Å²) in [4.78, 5) is 0. The number of rotatable bonds is 3. The highest BCUT2D eigenvalue weighted by Gasteiger charge is 2.14. The maximum absolute atomic E-state index is 9.93. The van der Waals surface area contributed by atoms with Crippen molar-refractivity contribution in [3.8, 4) is 51.6 Å². The first-order chi connectivity index (χ1) is 21.6. The van der Waals surface area contributed by atoms with Crippen LogP contribution in [0, 0.1) is 34.0 Å². The fourth-order valence-electron chi connectivity index (χ4n) is 6.00. The van der Waals surface area contributed by atoms with E-state index < -0.39 is 0 Å². The molecule has 202 valence electrons. The van der Waals surface area contributed by atoms with E-state index in [1.807, 2.05) is 60.7 Å². The van der Waals surface area contributed by atoms with Gasteiger partial charge in [0.05, 0.1) is 34.9 Å². The first kappa shape index (κ1) is 25.9. The standard InChI is InChI=1S/C39H19N3S2/c40-20-23-5-9-36-32(13-23)34-18-25(7-11-38(34)43-36)28-15-29(17-30(16-28)31-4-2-1-3-27(31)22-42)26-8-12-39-35(19-26)33-14-24(21-41)6-10-37(33)44-39/h1-19H. The Morgan fingerprint density at radius 2 is 0.841 bits per heavy atom. The van der Waals surface area contributed by atoms with Gasteiger partial charge in [-0.05, 0) is 118 Å². The molecular weight excluding hydrogens is 575 g/mol. The van der Waals surface area contributed by atoms with E-state index in [4.69, 9.17) is 0 Å². The van der Waals surface area contributed by atoms with Crippen LogP contribution >= 0.6 is 22.7 Å². The molecule has 5 heteroatoms. The topological polar surface area (TPSA) is 71.4 Å². The summed E-state index contributed by atoms with van der Waals surface area (Å²) in [5.41, 5.74) is 8.02. The van der Waals surface area contributed by atoms with Gasteiger partial charge >= 0.3 is 0 Å². The third kappa shape index (κ3) is 4.22. The Morgan fingerprint density at radius 3 is 1.34 bits per heavy atom. The number of fused-ring (bicyclic) bond motifs is 6. The molecule has 0 unspecified atom stereocenters. The van der Waals surface area contributed by atoms with Gasteiger partial charge in [-0.15, -0.1) is 22.7 Å². The molecule has 3 nitrogen and oxygen atoms in total. The number of thiophene rings is 2. The first-order valence-corrected chi connectivity index (χ1v) is 15.6. The molecule has 0 bridgehead atoms. The number of benzene rings is 6. The molecule has 0 aliphatic carbocycles. The van der Waals surface area contributed by atoms with E-state index in [0.29, 0.717) is 16.7 Å². The van der Waals surface area contributed by atoms with Crippen LogP contribution < -0.4 is 0 Å². The highest BCUT2D eigenvalue weighted by atomic mass is 32.1. The van der Waals surface area contributed by atoms with Crippen LogP contribution in [0.4, 0.5) is 0 Å². The summed E-state index contributed by atoms with van der Waals surface area (Å²) in [5, 5.41) is 33.4. The van der Waals surface area contributed by atoms with Gasteiger partial charge in [0, 0.05) is 40.3 Å². The largest absolute Gasteiger partial charge is 0.192 e. The summed E-state index contributed by atoms with van der Waals surface area (Å²) in [6.45, 7) is 0. The normalized spacial score (nSPS) is 11.1. The lowest BCUT2D eigenvalue weighted by Crippen LogP contribution is -1.89. The lowest BCUT2D eigenvalue weighted by atomic mass is 9.91. The monoisotopic (exact) mass is 593 g/mol. The summed E-state index contributed by atoms with van der Waals surface area (Å²) in [7, 11) is 0. The molecule has 8 rings (SSSR count). The van der Waals surface area contributed by atoms with Crippen LogP contribution in [0.2, 0.25) is 0 Å². The molecule has 0 aliphatic rings. The van der Waals surface area contributed by atoms with Crippen molar-refractivity contribution in [1.29, 1.82) is 15.8 Å². The summed E-state index contributed by atoms with van der Waals surface area (Å²) in [6, 6.07) is 46.0. The summed E-state index contributed by atoms with van der Waals surface area (Å²) < 4.78 is 4.67. The Hall–Kier alpha value is -5.77. The average molecular weight is 594 g/mol. The fourth-order valence-corrected chi connectivity index (χ4v) is 8.14. The molecule has 0 saturated heterocycles. The van der Waals surface area contributed by atoms with Gasteiger partial charge in [-0.2, -0.15) is 15.8 Å². The van der Waals surface area contributed by atoms with Crippen molar-refractivity contribution >= 4 is 63.0 Å². The van der Waals surface area contributed by atoms with Gasteiger partial charge in [0.2, 0.25) is 0 Å². The van der Waals surface area contributed by atoms with Crippen molar-refractivity contribution < 1.29 is 0 Å². The Kier molecular flexibility index (Phi) is 6.00. The Bertz CT molecular complexity index is 2450. The van der Waals surface area contributed by atoms with Gasteiger partial charge in [-0.3, -0.25) is 0 Å². The lowest BCUT2D eigenvalue weighted by molar-refractivity contribution is 1.48. The third-order valence-electron chi connectivity index (χ3n) is 8.15. The van der Waals surface area contributed by atoms with Gasteiger partial charge in [-0.1, -0.05) is 30.3 Å². The number of nitriles is 3. The van der Waals surface area contributed by atoms with E-state index in [-0.39, 0.29) is 0 Å². The predicted octanol–water partition coefficient (Wildman–Crippen LogP) is 11.0. The molecule has 0 atom stereocenters. The van der Waals surface area contributed by atoms with E-state index in [2.05, 4.69) is 72.8 Å². The Balaban J connectivity index is 1.36. The Labute approximate surface area is 261 Å². The zero-order valence-electron chi connectivity index (χ0n) is 23.1. The van der Waals surface area contributed by atoms with Gasteiger partial charge in [0.1, 0.15) is 0 Å². The van der Waals surface area contributed by atoms with E-state index in [1.54, 1.807) is 22.7 Å². The zero-order chi connectivity index (χ0) is 29.8. The maximum Gasteiger partial charge on any atom is 0.0998 e. The fraction of sp³-hybridized carbons (Fsp3) is 0. The molecule has 2 aromatic heterocycles. The molecule has 0 spiro atoms. The third-order valence-corrected chi connectivity index (χ3v) is 10.5. The molecular formula is C39H19N3S2. The smallest absolute Gasteiger partial charge is 0.0998 e. The van der Waals surface area contributed by atoms with E-state index in [0.717, 1.165) is 64.3 Å². The van der Waals surface area contributed by atoms with Crippen molar-refractivity contribution in [1.82, 2.24) is 0 Å². The highest BCUT2D eigenvalue weighted by molar-refractivity contribution is 7.26. The lowest BCUT2D eigenvalue weighted by Gasteiger charge is -2.13. The average Bonchev–Trinajstić information content (AvgIpc) is 3.64.